The Balaban J connectivity index is 1.57. The maximum Gasteiger partial charge on any atom is 0.324 e. The maximum absolute atomic E-state index is 13.9. The lowest BCUT2D eigenvalue weighted by Crippen LogP contribution is -2.49. The number of methoxy groups -OCH3 is 1. The Hall–Kier alpha value is -3.27. The number of rotatable bonds is 5. The molecule has 4 aromatic rings. The van der Waals surface area contributed by atoms with Gasteiger partial charge in [-0.1, -0.05) is 41.9 Å². The molecule has 174 valence electrons. The molecule has 0 amide bonds. The minimum Gasteiger partial charge on any atom is -0.468 e. The quantitative estimate of drug-likeness (QED) is 0.393. The molecular formula is C24H21ClN4O4S. The van der Waals surface area contributed by atoms with Crippen LogP contribution in [-0.2, 0) is 39.1 Å². The highest BCUT2D eigenvalue weighted by atomic mass is 35.5. The van der Waals surface area contributed by atoms with E-state index in [0.29, 0.717) is 28.2 Å². The van der Waals surface area contributed by atoms with Crippen molar-refractivity contribution in [3.8, 4) is 0 Å². The van der Waals surface area contributed by atoms with Crippen LogP contribution in [-0.4, -0.2) is 46.4 Å². The Morgan fingerprint density at radius 1 is 1.12 bits per heavy atom. The monoisotopic (exact) mass is 496 g/mol. The summed E-state index contributed by atoms with van der Waals surface area (Å²) in [7, 11) is -2.85. The molecule has 5 rings (SSSR count). The number of carbonyl (C=O) groups excluding carboxylic acids is 1. The normalized spacial score (nSPS) is 16.4. The lowest BCUT2D eigenvalue weighted by Gasteiger charge is -2.33. The van der Waals surface area contributed by atoms with Crippen molar-refractivity contribution in [3.05, 3.63) is 89.1 Å². The number of para-hydroxylation sites is 1. The molecule has 0 saturated carbocycles. The fourth-order valence-electron chi connectivity index (χ4n) is 4.27. The lowest BCUT2D eigenvalue weighted by molar-refractivity contribution is -0.145. The Morgan fingerprint density at radius 2 is 1.88 bits per heavy atom. The molecule has 10 heteroatoms. The van der Waals surface area contributed by atoms with E-state index < -0.39 is 22.0 Å². The van der Waals surface area contributed by atoms with Gasteiger partial charge in [-0.05, 0) is 29.8 Å². The molecule has 1 aliphatic heterocycles. The third-order valence-electron chi connectivity index (χ3n) is 5.99. The van der Waals surface area contributed by atoms with Crippen LogP contribution in [0, 0.1) is 0 Å². The number of benzene rings is 2. The molecular weight excluding hydrogens is 476 g/mol. The van der Waals surface area contributed by atoms with E-state index >= 15 is 0 Å². The summed E-state index contributed by atoms with van der Waals surface area (Å²) < 4.78 is 35.9. The molecule has 0 unspecified atom stereocenters. The molecule has 0 N–H and O–H groups in total. The highest BCUT2D eigenvalue weighted by Crippen LogP contribution is 2.32. The van der Waals surface area contributed by atoms with Crippen LogP contribution in [0.2, 0.25) is 5.02 Å². The van der Waals surface area contributed by atoms with Crippen LogP contribution < -0.4 is 0 Å². The zero-order valence-electron chi connectivity index (χ0n) is 18.3. The van der Waals surface area contributed by atoms with Gasteiger partial charge in [-0.2, -0.15) is 4.31 Å². The highest BCUT2D eigenvalue weighted by Gasteiger charge is 2.42. The molecule has 1 atom stereocenters. The van der Waals surface area contributed by atoms with Gasteiger partial charge in [0.1, 0.15) is 10.9 Å². The van der Waals surface area contributed by atoms with Crippen molar-refractivity contribution in [2.75, 3.05) is 7.11 Å². The number of aromatic nitrogens is 3. The largest absolute Gasteiger partial charge is 0.468 e. The minimum absolute atomic E-state index is 0.0196. The number of hydrogen-bond acceptors (Lipinski definition) is 6. The Bertz CT molecular complexity index is 1480. The van der Waals surface area contributed by atoms with Gasteiger partial charge in [0, 0.05) is 29.6 Å². The van der Waals surface area contributed by atoms with E-state index in [-0.39, 0.29) is 17.9 Å². The van der Waals surface area contributed by atoms with Gasteiger partial charge in [0.15, 0.2) is 0 Å². The van der Waals surface area contributed by atoms with Crippen molar-refractivity contribution in [1.82, 2.24) is 18.8 Å². The summed E-state index contributed by atoms with van der Waals surface area (Å²) in [5, 5.41) is 1.34. The zero-order chi connectivity index (χ0) is 23.9. The van der Waals surface area contributed by atoms with Crippen LogP contribution in [0.1, 0.15) is 17.0 Å². The Morgan fingerprint density at radius 3 is 2.65 bits per heavy atom. The predicted molar refractivity (Wildman–Crippen MR) is 127 cm³/mol. The molecule has 0 radical (unpaired) electrons. The van der Waals surface area contributed by atoms with Gasteiger partial charge < -0.3 is 9.30 Å². The van der Waals surface area contributed by atoms with Crippen molar-refractivity contribution in [2.24, 2.45) is 0 Å². The number of imidazole rings is 1. The minimum atomic E-state index is -4.10. The average Bonchev–Trinajstić information content (AvgIpc) is 3.25. The first-order valence-electron chi connectivity index (χ1n) is 10.6. The Kier molecular flexibility index (Phi) is 5.85. The van der Waals surface area contributed by atoms with Crippen LogP contribution in [0.5, 0.6) is 0 Å². The standard InChI is InChI=1S/C24H21ClN4O4S/c1-33-24(30)20-12-19-21(28(15-27-19)13-16-7-9-18(25)10-8-16)14-29(20)34(31,32)22-6-2-4-17-5-3-11-26-23(17)22/h2-11,15,20H,12-14H2,1H3/t20-/m1/s1. The summed E-state index contributed by atoms with van der Waals surface area (Å²) in [4.78, 5) is 21.5. The van der Waals surface area contributed by atoms with E-state index in [9.17, 15) is 13.2 Å². The molecule has 0 saturated heterocycles. The highest BCUT2D eigenvalue weighted by molar-refractivity contribution is 7.89. The van der Waals surface area contributed by atoms with Gasteiger partial charge in [0.2, 0.25) is 10.0 Å². The van der Waals surface area contributed by atoms with Crippen molar-refractivity contribution < 1.29 is 17.9 Å². The van der Waals surface area contributed by atoms with Gasteiger partial charge in [-0.25, -0.2) is 13.4 Å². The van der Waals surface area contributed by atoms with E-state index in [4.69, 9.17) is 16.3 Å². The number of sulfonamides is 1. The fourth-order valence-corrected chi connectivity index (χ4v) is 6.10. The second-order valence-electron chi connectivity index (χ2n) is 8.02. The first-order chi connectivity index (χ1) is 16.4. The second-order valence-corrected chi connectivity index (χ2v) is 10.3. The first kappa shape index (κ1) is 22.5. The number of esters is 1. The van der Waals surface area contributed by atoms with Crippen molar-refractivity contribution in [3.63, 3.8) is 0 Å². The number of ether oxygens (including phenoxy) is 1. The molecule has 2 aromatic carbocycles. The van der Waals surface area contributed by atoms with Crippen LogP contribution in [0.15, 0.2) is 72.0 Å². The molecule has 2 aromatic heterocycles. The van der Waals surface area contributed by atoms with Crippen LogP contribution >= 0.6 is 11.6 Å². The van der Waals surface area contributed by atoms with Gasteiger partial charge in [0.05, 0.1) is 36.9 Å². The van der Waals surface area contributed by atoms with Crippen molar-refractivity contribution in [2.45, 2.75) is 30.4 Å². The van der Waals surface area contributed by atoms with Gasteiger partial charge in [-0.3, -0.25) is 9.78 Å². The van der Waals surface area contributed by atoms with Gasteiger partial charge >= 0.3 is 5.97 Å². The number of carbonyl (C=O) groups is 1. The summed E-state index contributed by atoms with van der Waals surface area (Å²) >= 11 is 6.00. The molecule has 0 fully saturated rings. The predicted octanol–water partition coefficient (Wildman–Crippen LogP) is 3.42. The Labute approximate surface area is 201 Å². The zero-order valence-corrected chi connectivity index (χ0v) is 19.8. The summed E-state index contributed by atoms with van der Waals surface area (Å²) in [6.07, 6.45) is 3.34. The third-order valence-corrected chi connectivity index (χ3v) is 8.13. The summed E-state index contributed by atoms with van der Waals surface area (Å²) in [6, 6.07) is 14.9. The van der Waals surface area contributed by atoms with E-state index in [0.717, 1.165) is 11.3 Å². The van der Waals surface area contributed by atoms with Crippen molar-refractivity contribution in [1.29, 1.82) is 0 Å². The summed E-state index contributed by atoms with van der Waals surface area (Å²) in [5.74, 6) is -0.630. The second kappa shape index (κ2) is 8.83. The molecule has 3 heterocycles. The first-order valence-corrected chi connectivity index (χ1v) is 12.4. The van der Waals surface area contributed by atoms with Crippen LogP contribution in [0.3, 0.4) is 0 Å². The van der Waals surface area contributed by atoms with E-state index in [1.165, 1.54) is 17.5 Å². The molecule has 0 bridgehead atoms. The average molecular weight is 497 g/mol. The number of halogens is 1. The van der Waals surface area contributed by atoms with E-state index in [1.807, 2.05) is 16.7 Å². The van der Waals surface area contributed by atoms with Gasteiger partial charge in [-0.15, -0.1) is 0 Å². The topological polar surface area (TPSA) is 94.4 Å². The number of pyridine rings is 1. The van der Waals surface area contributed by atoms with Gasteiger partial charge in [0.25, 0.3) is 0 Å². The number of nitrogens with zero attached hydrogens (tertiary/aromatic N) is 4. The number of fused-ring (bicyclic) bond motifs is 2. The van der Waals surface area contributed by atoms with E-state index in [1.54, 1.807) is 48.9 Å². The summed E-state index contributed by atoms with van der Waals surface area (Å²) in [6.45, 7) is 0.473. The number of hydrogen-bond donors (Lipinski definition) is 0. The molecule has 34 heavy (non-hydrogen) atoms. The molecule has 0 aliphatic carbocycles. The molecule has 1 aliphatic rings. The van der Waals surface area contributed by atoms with Crippen LogP contribution in [0.4, 0.5) is 0 Å². The van der Waals surface area contributed by atoms with E-state index in [2.05, 4.69) is 9.97 Å². The fraction of sp³-hybridized carbons (Fsp3) is 0.208. The maximum atomic E-state index is 13.9. The summed E-state index contributed by atoms with van der Waals surface area (Å²) in [5.41, 5.74) is 2.75. The smallest absolute Gasteiger partial charge is 0.324 e. The SMILES string of the molecule is COC(=O)[C@H]1Cc2ncn(Cc3ccc(Cl)cc3)c2CN1S(=O)(=O)c1cccc2cccnc12. The van der Waals surface area contributed by atoms with Crippen LogP contribution in [0.25, 0.3) is 10.9 Å². The van der Waals surface area contributed by atoms with Crippen molar-refractivity contribution >= 4 is 38.5 Å². The molecule has 8 nitrogen and oxygen atoms in total. The lowest BCUT2D eigenvalue weighted by atomic mass is 10.1. The third kappa shape index (κ3) is 3.96. The molecule has 0 spiro atoms.